The van der Waals surface area contributed by atoms with E-state index in [2.05, 4.69) is 17.1 Å². The third-order valence-corrected chi connectivity index (χ3v) is 2.99. The first kappa shape index (κ1) is 15.4. The highest BCUT2D eigenvalue weighted by molar-refractivity contribution is 5.95. The van der Waals surface area contributed by atoms with E-state index in [9.17, 15) is 14.3 Å². The van der Waals surface area contributed by atoms with Crippen LogP contribution in [0.5, 0.6) is 5.75 Å². The Morgan fingerprint density at radius 1 is 1.27 bits per heavy atom. The van der Waals surface area contributed by atoms with Crippen LogP contribution >= 0.6 is 0 Å². The molecular formula is C17H15FN2O2. The molecule has 0 aliphatic rings. The van der Waals surface area contributed by atoms with Crippen LogP contribution in [0.1, 0.15) is 21.5 Å². The van der Waals surface area contributed by atoms with Crippen LogP contribution in [0.3, 0.4) is 0 Å². The topological polar surface area (TPSA) is 61.7 Å². The molecule has 2 aromatic rings. The number of benzene rings is 2. The predicted molar refractivity (Wildman–Crippen MR) is 83.5 cm³/mol. The van der Waals surface area contributed by atoms with E-state index >= 15 is 0 Å². The lowest BCUT2D eigenvalue weighted by atomic mass is 10.1. The van der Waals surface area contributed by atoms with E-state index in [0.29, 0.717) is 17.5 Å². The van der Waals surface area contributed by atoms with Crippen molar-refractivity contribution in [3.63, 3.8) is 0 Å². The summed E-state index contributed by atoms with van der Waals surface area (Å²) in [6.07, 6.45) is 3.57. The predicted octanol–water partition coefficient (Wildman–Crippen LogP) is 3.02. The van der Waals surface area contributed by atoms with Crippen LogP contribution in [0, 0.1) is 5.82 Å². The van der Waals surface area contributed by atoms with Crippen LogP contribution in [0.25, 0.3) is 0 Å². The summed E-state index contributed by atoms with van der Waals surface area (Å²) in [5.74, 6) is -0.774. The molecule has 0 bridgehead atoms. The van der Waals surface area contributed by atoms with Gasteiger partial charge < -0.3 is 5.11 Å². The van der Waals surface area contributed by atoms with Crippen LogP contribution in [0.2, 0.25) is 0 Å². The first-order valence-corrected chi connectivity index (χ1v) is 6.62. The summed E-state index contributed by atoms with van der Waals surface area (Å²) in [7, 11) is 0. The number of rotatable bonds is 5. The van der Waals surface area contributed by atoms with Crippen molar-refractivity contribution in [2.24, 2.45) is 5.10 Å². The van der Waals surface area contributed by atoms with Gasteiger partial charge in [-0.2, -0.15) is 5.10 Å². The molecule has 112 valence electrons. The van der Waals surface area contributed by atoms with E-state index < -0.39 is 11.7 Å². The molecule has 4 nitrogen and oxygen atoms in total. The van der Waals surface area contributed by atoms with Crippen LogP contribution in [0.15, 0.2) is 60.2 Å². The molecule has 2 rings (SSSR count). The van der Waals surface area contributed by atoms with Gasteiger partial charge in [-0.1, -0.05) is 18.2 Å². The molecule has 2 aromatic carbocycles. The highest BCUT2D eigenvalue weighted by atomic mass is 19.1. The summed E-state index contributed by atoms with van der Waals surface area (Å²) in [5, 5.41) is 13.8. The number of amides is 1. The molecule has 2 N–H and O–H groups in total. The molecule has 5 heteroatoms. The van der Waals surface area contributed by atoms with Gasteiger partial charge in [-0.3, -0.25) is 4.79 Å². The van der Waals surface area contributed by atoms with Gasteiger partial charge in [-0.05, 0) is 42.3 Å². The molecule has 0 aromatic heterocycles. The Kier molecular flexibility index (Phi) is 5.03. The standard InChI is InChI=1S/C17H15FN2O2/c1-2-4-12-5-3-6-14(16(12)21)11-19-20-17(22)13-7-9-15(18)10-8-13/h2-3,5-11,21H,1,4H2,(H,20,22)/b19-11-. The molecule has 0 aliphatic heterocycles. The second-order valence-electron chi connectivity index (χ2n) is 4.55. The Bertz CT molecular complexity index is 709. The molecule has 0 atom stereocenters. The lowest BCUT2D eigenvalue weighted by Crippen LogP contribution is -2.17. The third kappa shape index (κ3) is 3.79. The Labute approximate surface area is 127 Å². The molecule has 0 spiro atoms. The average molecular weight is 298 g/mol. The van der Waals surface area contributed by atoms with Crippen molar-refractivity contribution in [2.75, 3.05) is 0 Å². The van der Waals surface area contributed by atoms with Crippen LogP contribution in [0.4, 0.5) is 4.39 Å². The molecule has 0 saturated heterocycles. The Morgan fingerprint density at radius 3 is 2.68 bits per heavy atom. The van der Waals surface area contributed by atoms with Crippen molar-refractivity contribution in [1.29, 1.82) is 0 Å². The molecule has 0 radical (unpaired) electrons. The van der Waals surface area contributed by atoms with E-state index in [1.807, 2.05) is 0 Å². The lowest BCUT2D eigenvalue weighted by Gasteiger charge is -2.04. The number of para-hydroxylation sites is 1. The number of allylic oxidation sites excluding steroid dienone is 1. The fourth-order valence-electron chi connectivity index (χ4n) is 1.86. The van der Waals surface area contributed by atoms with Crippen LogP contribution in [-0.4, -0.2) is 17.2 Å². The second-order valence-corrected chi connectivity index (χ2v) is 4.55. The number of nitrogens with zero attached hydrogens (tertiary/aromatic N) is 1. The van der Waals surface area contributed by atoms with Crippen molar-refractivity contribution in [3.8, 4) is 5.75 Å². The van der Waals surface area contributed by atoms with Crippen molar-refractivity contribution < 1.29 is 14.3 Å². The van der Waals surface area contributed by atoms with Crippen molar-refractivity contribution in [2.45, 2.75) is 6.42 Å². The minimum absolute atomic E-state index is 0.0992. The summed E-state index contributed by atoms with van der Waals surface area (Å²) < 4.78 is 12.8. The highest BCUT2D eigenvalue weighted by Gasteiger charge is 2.05. The fourth-order valence-corrected chi connectivity index (χ4v) is 1.86. The van der Waals surface area contributed by atoms with Gasteiger partial charge in [0, 0.05) is 11.1 Å². The SMILES string of the molecule is C=CCc1cccc(/C=N\NC(=O)c2ccc(F)cc2)c1O. The number of phenols is 1. The quantitative estimate of drug-likeness (QED) is 0.506. The smallest absolute Gasteiger partial charge is 0.271 e. The first-order valence-electron chi connectivity index (χ1n) is 6.62. The minimum Gasteiger partial charge on any atom is -0.507 e. The third-order valence-electron chi connectivity index (χ3n) is 2.99. The summed E-state index contributed by atoms with van der Waals surface area (Å²) in [6.45, 7) is 3.62. The number of halogens is 1. The van der Waals surface area contributed by atoms with Gasteiger partial charge >= 0.3 is 0 Å². The van der Waals surface area contributed by atoms with Crippen molar-refractivity contribution >= 4 is 12.1 Å². The summed E-state index contributed by atoms with van der Waals surface area (Å²) >= 11 is 0. The maximum atomic E-state index is 12.8. The van der Waals surface area contributed by atoms with Crippen molar-refractivity contribution in [1.82, 2.24) is 5.43 Å². The van der Waals surface area contributed by atoms with Crippen LogP contribution in [-0.2, 0) is 6.42 Å². The van der Waals surface area contributed by atoms with Gasteiger partial charge in [0.25, 0.3) is 5.91 Å². The summed E-state index contributed by atoms with van der Waals surface area (Å²) in [6, 6.07) is 10.4. The first-order chi connectivity index (χ1) is 10.6. The van der Waals surface area contributed by atoms with E-state index in [-0.39, 0.29) is 5.75 Å². The normalized spacial score (nSPS) is 10.6. The molecule has 0 heterocycles. The Morgan fingerprint density at radius 2 is 2.00 bits per heavy atom. The highest BCUT2D eigenvalue weighted by Crippen LogP contribution is 2.21. The van der Waals surface area contributed by atoms with Crippen LogP contribution < -0.4 is 5.43 Å². The number of aromatic hydroxyl groups is 1. The molecule has 0 unspecified atom stereocenters. The number of hydrogen-bond donors (Lipinski definition) is 2. The molecule has 0 saturated carbocycles. The van der Waals surface area contributed by atoms with E-state index in [1.54, 1.807) is 24.3 Å². The van der Waals surface area contributed by atoms with Gasteiger partial charge in [-0.15, -0.1) is 6.58 Å². The number of carbonyl (C=O) groups excluding carboxylic acids is 1. The Hall–Kier alpha value is -2.95. The zero-order valence-corrected chi connectivity index (χ0v) is 11.8. The molecule has 0 aliphatic carbocycles. The molecule has 1 amide bonds. The number of phenolic OH excluding ortho intramolecular Hbond substituents is 1. The largest absolute Gasteiger partial charge is 0.507 e. The summed E-state index contributed by atoms with van der Waals surface area (Å²) in [5.41, 5.74) is 3.83. The Balaban J connectivity index is 2.06. The zero-order chi connectivity index (χ0) is 15.9. The number of hydrazone groups is 1. The molecule has 0 fully saturated rings. The number of nitrogens with one attached hydrogen (secondary N) is 1. The zero-order valence-electron chi connectivity index (χ0n) is 11.8. The van der Waals surface area contributed by atoms with Gasteiger partial charge in [-0.25, -0.2) is 9.82 Å². The van der Waals surface area contributed by atoms with Gasteiger partial charge in [0.15, 0.2) is 0 Å². The van der Waals surface area contributed by atoms with E-state index in [4.69, 9.17) is 0 Å². The van der Waals surface area contributed by atoms with E-state index in [0.717, 1.165) is 5.56 Å². The lowest BCUT2D eigenvalue weighted by molar-refractivity contribution is 0.0955. The molecular weight excluding hydrogens is 283 g/mol. The fraction of sp³-hybridized carbons (Fsp3) is 0.0588. The minimum atomic E-state index is -0.460. The monoisotopic (exact) mass is 298 g/mol. The maximum absolute atomic E-state index is 12.8. The van der Waals surface area contributed by atoms with Gasteiger partial charge in [0.2, 0.25) is 0 Å². The van der Waals surface area contributed by atoms with Gasteiger partial charge in [0.05, 0.1) is 6.21 Å². The second kappa shape index (κ2) is 7.17. The average Bonchev–Trinajstić information content (AvgIpc) is 2.51. The van der Waals surface area contributed by atoms with Crippen molar-refractivity contribution in [3.05, 3.63) is 77.6 Å². The van der Waals surface area contributed by atoms with Gasteiger partial charge in [0.1, 0.15) is 11.6 Å². The summed E-state index contributed by atoms with van der Waals surface area (Å²) in [4.78, 5) is 11.8. The maximum Gasteiger partial charge on any atom is 0.271 e. The molecule has 22 heavy (non-hydrogen) atoms. The number of carbonyl (C=O) groups is 1. The van der Waals surface area contributed by atoms with E-state index in [1.165, 1.54) is 30.5 Å². The number of hydrogen-bond acceptors (Lipinski definition) is 3.